The number of esters is 3. The smallest absolute Gasteiger partial charge is 0.339 e. The van der Waals surface area contributed by atoms with Crippen LogP contribution in [-0.2, 0) is 53.0 Å². The van der Waals surface area contributed by atoms with Crippen molar-refractivity contribution in [3.8, 4) is 30.4 Å². The van der Waals surface area contributed by atoms with Gasteiger partial charge in [-0.15, -0.1) is 24.7 Å². The van der Waals surface area contributed by atoms with Gasteiger partial charge < -0.3 is 39.0 Å². The second-order valence-electron chi connectivity index (χ2n) is 16.0. The van der Waals surface area contributed by atoms with Crippen molar-refractivity contribution >= 4 is 17.9 Å². The zero-order valence-electron chi connectivity index (χ0n) is 34.2. The Labute approximate surface area is 348 Å². The van der Waals surface area contributed by atoms with Crippen LogP contribution in [0, 0.1) is 43.4 Å². The van der Waals surface area contributed by atoms with Gasteiger partial charge in [0, 0.05) is 49.8 Å². The molecule has 59 heavy (non-hydrogen) atoms. The molecule has 0 spiro atoms. The highest BCUT2D eigenvalue weighted by molar-refractivity contribution is 5.81. The summed E-state index contributed by atoms with van der Waals surface area (Å²) in [6, 6.07) is 10.0. The van der Waals surface area contributed by atoms with Gasteiger partial charge in [0.1, 0.15) is 13.2 Å². The molecule has 0 amide bonds. The minimum absolute atomic E-state index is 0.0444. The topological polar surface area (TPSA) is 171 Å². The minimum atomic E-state index is -1.27. The van der Waals surface area contributed by atoms with Crippen LogP contribution in [-0.4, -0.2) is 80.9 Å². The summed E-state index contributed by atoms with van der Waals surface area (Å²) >= 11 is 0. The Bertz CT molecular complexity index is 1820. The minimum Gasteiger partial charge on any atom is -0.459 e. The lowest BCUT2D eigenvalue weighted by molar-refractivity contribution is -0.169. The maximum atomic E-state index is 13.4. The van der Waals surface area contributed by atoms with Crippen molar-refractivity contribution in [2.75, 3.05) is 13.2 Å². The van der Waals surface area contributed by atoms with Crippen LogP contribution >= 0.6 is 0 Å². The van der Waals surface area contributed by atoms with E-state index in [0.717, 1.165) is 6.42 Å². The largest absolute Gasteiger partial charge is 0.459 e. The van der Waals surface area contributed by atoms with Crippen LogP contribution in [0.5, 0.6) is 5.75 Å². The van der Waals surface area contributed by atoms with Crippen molar-refractivity contribution in [3.63, 3.8) is 0 Å². The molecule has 3 N–H and O–H groups in total. The molecular formula is C47H59NO11. The highest BCUT2D eigenvalue weighted by Gasteiger charge is 2.45. The standard InChI is InChI=1S/C47H59NO11/c1-4-23-46(25-13-27-57-46)44(53)55-31-35-30-48-33(3)43(39(35)32-56-45(54)47(24-5-2)26-14-28-58-47)59-42(52)18-12-7-6-11-17-37-38(41(51)29-40(37)50)22-21-36(49)20-19-34-15-9-8-10-16-34/h1-2,6,8-11,15-16,30,36-38,40-41,49-51H,7,12-14,17-29,31-32H2,3H3/b11-6-/t36-,37+,38+,40-,41+,46?,47?/m0/s1. The van der Waals surface area contributed by atoms with Crippen LogP contribution in [0.1, 0.15) is 112 Å². The van der Waals surface area contributed by atoms with Crippen LogP contribution in [0.4, 0.5) is 0 Å². The van der Waals surface area contributed by atoms with E-state index in [-0.39, 0.29) is 50.1 Å². The predicted molar refractivity (Wildman–Crippen MR) is 218 cm³/mol. The van der Waals surface area contributed by atoms with Crippen LogP contribution < -0.4 is 4.74 Å². The Morgan fingerprint density at radius 3 is 2.20 bits per heavy atom. The van der Waals surface area contributed by atoms with Gasteiger partial charge in [-0.2, -0.15) is 0 Å². The summed E-state index contributed by atoms with van der Waals surface area (Å²) in [5, 5.41) is 32.1. The first kappa shape index (κ1) is 45.5. The lowest BCUT2D eigenvalue weighted by Gasteiger charge is -2.25. The van der Waals surface area contributed by atoms with E-state index in [1.807, 2.05) is 42.5 Å². The average molecular weight is 814 g/mol. The molecule has 1 saturated carbocycles. The fourth-order valence-corrected chi connectivity index (χ4v) is 8.42. The highest BCUT2D eigenvalue weighted by atomic mass is 16.6. The molecule has 3 fully saturated rings. The van der Waals surface area contributed by atoms with Gasteiger partial charge in [-0.25, -0.2) is 9.59 Å². The third-order valence-corrected chi connectivity index (χ3v) is 11.8. The molecule has 318 valence electrons. The van der Waals surface area contributed by atoms with Gasteiger partial charge in [0.05, 0.1) is 24.0 Å². The number of terminal acetylenes is 2. The number of allylic oxidation sites excluding steroid dienone is 2. The van der Waals surface area contributed by atoms with Crippen molar-refractivity contribution in [1.29, 1.82) is 0 Å². The summed E-state index contributed by atoms with van der Waals surface area (Å²) in [6.07, 6.45) is 21.6. The van der Waals surface area contributed by atoms with Gasteiger partial charge in [0.15, 0.2) is 17.0 Å². The number of hydrogen-bond acceptors (Lipinski definition) is 12. The average Bonchev–Trinajstić information content (AvgIpc) is 3.98. The van der Waals surface area contributed by atoms with E-state index in [2.05, 4.69) is 16.8 Å². The summed E-state index contributed by atoms with van der Waals surface area (Å²) in [4.78, 5) is 44.3. The van der Waals surface area contributed by atoms with Gasteiger partial charge in [0.2, 0.25) is 0 Å². The van der Waals surface area contributed by atoms with E-state index in [9.17, 15) is 29.7 Å². The number of carbonyl (C=O) groups excluding carboxylic acids is 3. The number of aromatic nitrogens is 1. The summed E-state index contributed by atoms with van der Waals surface area (Å²) < 4.78 is 28.8. The van der Waals surface area contributed by atoms with Crippen molar-refractivity contribution in [2.24, 2.45) is 11.8 Å². The number of ether oxygens (including phenoxy) is 5. The van der Waals surface area contributed by atoms with E-state index in [1.54, 1.807) is 6.92 Å². The van der Waals surface area contributed by atoms with Gasteiger partial charge in [-0.05, 0) is 101 Å². The zero-order chi connectivity index (χ0) is 42.3. The lowest BCUT2D eigenvalue weighted by atomic mass is 9.85. The fraction of sp³-hybridized carbons (Fsp3) is 0.574. The zero-order valence-corrected chi connectivity index (χ0v) is 34.2. The van der Waals surface area contributed by atoms with E-state index in [0.29, 0.717) is 101 Å². The first-order valence-corrected chi connectivity index (χ1v) is 20.9. The van der Waals surface area contributed by atoms with Crippen LogP contribution in [0.3, 0.4) is 0 Å². The number of benzene rings is 1. The summed E-state index contributed by atoms with van der Waals surface area (Å²) in [6.45, 7) is 1.83. The van der Waals surface area contributed by atoms with Gasteiger partial charge in [-0.1, -0.05) is 42.5 Å². The third kappa shape index (κ3) is 12.3. The molecule has 0 radical (unpaired) electrons. The number of rotatable bonds is 21. The Hall–Kier alpha value is -4.56. The number of pyridine rings is 1. The van der Waals surface area contributed by atoms with Crippen LogP contribution in [0.15, 0.2) is 48.7 Å². The number of unbranched alkanes of at least 4 members (excludes halogenated alkanes) is 1. The molecule has 2 aromatic rings. The Balaban J connectivity index is 1.16. The number of hydrogen-bond donors (Lipinski definition) is 3. The molecule has 2 saturated heterocycles. The fourth-order valence-electron chi connectivity index (χ4n) is 8.42. The molecule has 1 aromatic carbocycles. The van der Waals surface area contributed by atoms with E-state index >= 15 is 0 Å². The molecule has 2 aliphatic heterocycles. The number of aryl methyl sites for hydroxylation is 2. The molecule has 1 aliphatic carbocycles. The molecular weight excluding hydrogens is 755 g/mol. The molecule has 0 bridgehead atoms. The molecule has 3 heterocycles. The van der Waals surface area contributed by atoms with Crippen molar-refractivity contribution in [3.05, 3.63) is 71.1 Å². The monoisotopic (exact) mass is 813 g/mol. The van der Waals surface area contributed by atoms with E-state index in [1.165, 1.54) is 11.8 Å². The second kappa shape index (κ2) is 22.2. The second-order valence-corrected chi connectivity index (χ2v) is 16.0. The number of aliphatic hydroxyl groups excluding tert-OH is 3. The normalized spacial score (nSPS) is 25.7. The molecule has 7 atom stereocenters. The summed E-state index contributed by atoms with van der Waals surface area (Å²) in [5.41, 5.74) is -0.279. The first-order valence-electron chi connectivity index (χ1n) is 20.9. The van der Waals surface area contributed by atoms with E-state index < -0.39 is 47.4 Å². The van der Waals surface area contributed by atoms with Crippen molar-refractivity contribution in [1.82, 2.24) is 4.98 Å². The predicted octanol–water partition coefficient (Wildman–Crippen LogP) is 5.78. The van der Waals surface area contributed by atoms with Crippen molar-refractivity contribution in [2.45, 2.75) is 146 Å². The Kier molecular flexibility index (Phi) is 17.1. The van der Waals surface area contributed by atoms with Crippen molar-refractivity contribution < 1.29 is 53.4 Å². The maximum absolute atomic E-state index is 13.4. The molecule has 2 unspecified atom stereocenters. The number of nitrogens with zero attached hydrogens (tertiary/aromatic N) is 1. The van der Waals surface area contributed by atoms with Gasteiger partial charge in [-0.3, -0.25) is 9.78 Å². The molecule has 12 heteroatoms. The van der Waals surface area contributed by atoms with E-state index in [4.69, 9.17) is 36.5 Å². The Morgan fingerprint density at radius 2 is 1.58 bits per heavy atom. The van der Waals surface area contributed by atoms with Gasteiger partial charge in [0.25, 0.3) is 0 Å². The third-order valence-electron chi connectivity index (χ3n) is 11.8. The number of carbonyl (C=O) groups is 3. The van der Waals surface area contributed by atoms with Crippen LogP contribution in [0.2, 0.25) is 0 Å². The quantitative estimate of drug-likeness (QED) is 0.0603. The SMILES string of the molecule is C#CCC1(C(=O)OCc2cnc(C)c(OC(=O)CCC/C=C\C[C@@H]3[C@@H](CC[C@@H](O)CCc4ccccc4)[C@H](O)C[C@@H]3O)c2COC(=O)C2(CC#C)CCCO2)CCCO1. The summed E-state index contributed by atoms with van der Waals surface area (Å²) in [5.74, 6) is 3.09. The van der Waals surface area contributed by atoms with Gasteiger partial charge >= 0.3 is 17.9 Å². The molecule has 5 rings (SSSR count). The molecule has 3 aliphatic rings. The first-order chi connectivity index (χ1) is 28.5. The molecule has 1 aromatic heterocycles. The summed E-state index contributed by atoms with van der Waals surface area (Å²) in [7, 11) is 0. The lowest BCUT2D eigenvalue weighted by Crippen LogP contribution is -2.39. The number of aliphatic hydroxyl groups is 3. The molecule has 12 nitrogen and oxygen atoms in total. The maximum Gasteiger partial charge on any atom is 0.339 e. The van der Waals surface area contributed by atoms with Crippen LogP contribution in [0.25, 0.3) is 0 Å². The highest BCUT2D eigenvalue weighted by Crippen LogP contribution is 2.39. The Morgan fingerprint density at radius 1 is 0.932 bits per heavy atom.